The fourth-order valence-electron chi connectivity index (χ4n) is 1.25. The van der Waals surface area contributed by atoms with Crippen molar-refractivity contribution in [1.29, 1.82) is 0 Å². The summed E-state index contributed by atoms with van der Waals surface area (Å²) in [5.74, 6) is -0.320. The molecule has 0 atom stereocenters. The van der Waals surface area contributed by atoms with Crippen LogP contribution in [0.4, 0.5) is 5.69 Å². The lowest BCUT2D eigenvalue weighted by molar-refractivity contribution is 0.102. The summed E-state index contributed by atoms with van der Waals surface area (Å²) in [5, 5.41) is 2.90. The second kappa shape index (κ2) is 4.88. The topological polar surface area (TPSA) is 67.8 Å². The van der Waals surface area contributed by atoms with Gasteiger partial charge >= 0.3 is 0 Å². The van der Waals surface area contributed by atoms with E-state index >= 15 is 0 Å². The van der Waals surface area contributed by atoms with Gasteiger partial charge in [0.25, 0.3) is 5.91 Å². The largest absolute Gasteiger partial charge is 0.319 e. The third-order valence-corrected chi connectivity index (χ3v) is 2.35. The number of halogens is 1. The monoisotopic (exact) mass is 248 g/mol. The Kier molecular flexibility index (Phi) is 3.30. The van der Waals surface area contributed by atoms with Crippen LogP contribution < -0.4 is 5.32 Å². The van der Waals surface area contributed by atoms with E-state index in [0.717, 1.165) is 5.56 Å². The molecular formula is C11H9ClN4O. The number of rotatable bonds is 2. The molecule has 1 amide bonds. The predicted octanol–water partition coefficient (Wildman–Crippen LogP) is 2.09. The van der Waals surface area contributed by atoms with Crippen molar-refractivity contribution in [2.45, 2.75) is 6.92 Å². The Morgan fingerprint density at radius 2 is 2.00 bits per heavy atom. The molecule has 0 radical (unpaired) electrons. The van der Waals surface area contributed by atoms with E-state index in [9.17, 15) is 4.79 Å². The van der Waals surface area contributed by atoms with Gasteiger partial charge in [0.05, 0.1) is 11.3 Å². The van der Waals surface area contributed by atoms with Crippen LogP contribution in [0.25, 0.3) is 0 Å². The number of carbonyl (C=O) groups excluding carboxylic acids is 1. The van der Waals surface area contributed by atoms with E-state index < -0.39 is 0 Å². The van der Waals surface area contributed by atoms with Gasteiger partial charge < -0.3 is 5.32 Å². The van der Waals surface area contributed by atoms with Crippen molar-refractivity contribution in [1.82, 2.24) is 15.0 Å². The highest BCUT2D eigenvalue weighted by Crippen LogP contribution is 2.20. The van der Waals surface area contributed by atoms with Gasteiger partial charge in [-0.2, -0.15) is 0 Å². The third kappa shape index (κ3) is 2.76. The molecule has 2 heterocycles. The SMILES string of the molecule is Cc1cnc(Cl)c(NC(=O)c2cncnc2)c1. The van der Waals surface area contributed by atoms with Crippen LogP contribution in [0.15, 0.2) is 31.0 Å². The lowest BCUT2D eigenvalue weighted by atomic mass is 10.2. The molecule has 0 fully saturated rings. The Bertz CT molecular complexity index is 544. The van der Waals surface area contributed by atoms with Gasteiger partial charge in [0, 0.05) is 18.6 Å². The van der Waals surface area contributed by atoms with Crippen molar-refractivity contribution in [3.8, 4) is 0 Å². The second-order valence-electron chi connectivity index (χ2n) is 3.43. The quantitative estimate of drug-likeness (QED) is 0.827. The molecule has 0 aliphatic carbocycles. The van der Waals surface area contributed by atoms with Gasteiger partial charge in [-0.1, -0.05) is 11.6 Å². The van der Waals surface area contributed by atoms with Gasteiger partial charge in [-0.15, -0.1) is 0 Å². The van der Waals surface area contributed by atoms with Crippen LogP contribution in [0.3, 0.4) is 0 Å². The van der Waals surface area contributed by atoms with Crippen LogP contribution in [0.5, 0.6) is 0 Å². The van der Waals surface area contributed by atoms with E-state index in [0.29, 0.717) is 11.3 Å². The van der Waals surface area contributed by atoms with E-state index in [2.05, 4.69) is 20.3 Å². The zero-order valence-corrected chi connectivity index (χ0v) is 9.77. The van der Waals surface area contributed by atoms with E-state index in [4.69, 9.17) is 11.6 Å². The summed E-state index contributed by atoms with van der Waals surface area (Å²) in [6.45, 7) is 1.87. The maximum atomic E-state index is 11.8. The van der Waals surface area contributed by atoms with Gasteiger partial charge in [-0.3, -0.25) is 4.79 Å². The first-order chi connectivity index (χ1) is 8.16. The number of carbonyl (C=O) groups is 1. The van der Waals surface area contributed by atoms with Gasteiger partial charge in [0.2, 0.25) is 0 Å². The first kappa shape index (κ1) is 11.5. The van der Waals surface area contributed by atoms with Crippen molar-refractivity contribution in [3.05, 3.63) is 47.3 Å². The Balaban J connectivity index is 2.22. The molecule has 0 aliphatic rings. The molecule has 17 heavy (non-hydrogen) atoms. The Morgan fingerprint density at radius 3 is 2.71 bits per heavy atom. The lowest BCUT2D eigenvalue weighted by Gasteiger charge is -2.06. The summed E-state index contributed by atoms with van der Waals surface area (Å²) in [4.78, 5) is 23.3. The van der Waals surface area contributed by atoms with E-state index in [1.807, 2.05) is 6.92 Å². The third-order valence-electron chi connectivity index (χ3n) is 2.05. The number of nitrogens with one attached hydrogen (secondary N) is 1. The molecule has 0 spiro atoms. The van der Waals surface area contributed by atoms with E-state index in [-0.39, 0.29) is 11.1 Å². The molecule has 0 aliphatic heterocycles. The highest BCUT2D eigenvalue weighted by molar-refractivity contribution is 6.32. The van der Waals surface area contributed by atoms with Crippen LogP contribution in [0.1, 0.15) is 15.9 Å². The highest BCUT2D eigenvalue weighted by Gasteiger charge is 2.09. The second-order valence-corrected chi connectivity index (χ2v) is 3.79. The average Bonchev–Trinajstić information content (AvgIpc) is 2.35. The summed E-state index contributed by atoms with van der Waals surface area (Å²) in [7, 11) is 0. The van der Waals surface area contributed by atoms with Crippen LogP contribution >= 0.6 is 11.6 Å². The summed E-state index contributed by atoms with van der Waals surface area (Å²) in [6, 6.07) is 1.75. The summed E-state index contributed by atoms with van der Waals surface area (Å²) in [5.41, 5.74) is 1.75. The minimum Gasteiger partial charge on any atom is -0.319 e. The molecule has 0 saturated heterocycles. The maximum Gasteiger partial charge on any atom is 0.258 e. The average molecular weight is 249 g/mol. The van der Waals surface area contributed by atoms with Gasteiger partial charge in [0.15, 0.2) is 5.15 Å². The molecule has 0 unspecified atom stereocenters. The first-order valence-electron chi connectivity index (χ1n) is 4.85. The minimum atomic E-state index is -0.320. The Labute approximate surface area is 103 Å². The number of hydrogen-bond donors (Lipinski definition) is 1. The van der Waals surface area contributed by atoms with E-state index in [1.54, 1.807) is 12.3 Å². The number of hydrogen-bond acceptors (Lipinski definition) is 4. The number of amides is 1. The van der Waals surface area contributed by atoms with Gasteiger partial charge in [-0.05, 0) is 18.6 Å². The van der Waals surface area contributed by atoms with Crippen molar-refractivity contribution in [2.24, 2.45) is 0 Å². The number of anilines is 1. The molecule has 6 heteroatoms. The lowest BCUT2D eigenvalue weighted by Crippen LogP contribution is -2.13. The fraction of sp³-hybridized carbons (Fsp3) is 0.0909. The fourth-order valence-corrected chi connectivity index (χ4v) is 1.40. The number of aryl methyl sites for hydroxylation is 1. The molecule has 1 N–H and O–H groups in total. The smallest absolute Gasteiger partial charge is 0.258 e. The molecule has 2 aromatic heterocycles. The molecule has 0 aromatic carbocycles. The predicted molar refractivity (Wildman–Crippen MR) is 64.0 cm³/mol. The molecule has 5 nitrogen and oxygen atoms in total. The number of nitrogens with zero attached hydrogens (tertiary/aromatic N) is 3. The standard InChI is InChI=1S/C11H9ClN4O/c1-7-2-9(10(12)15-3-7)16-11(17)8-4-13-6-14-5-8/h2-6H,1H3,(H,16,17). The summed E-state index contributed by atoms with van der Waals surface area (Å²) < 4.78 is 0. The van der Waals surface area contributed by atoms with Crippen molar-refractivity contribution in [3.63, 3.8) is 0 Å². The number of aromatic nitrogens is 3. The molecule has 86 valence electrons. The Morgan fingerprint density at radius 1 is 1.29 bits per heavy atom. The van der Waals surface area contributed by atoms with Gasteiger partial charge in [0.1, 0.15) is 6.33 Å². The molecule has 2 rings (SSSR count). The maximum absolute atomic E-state index is 11.8. The van der Waals surface area contributed by atoms with E-state index in [1.165, 1.54) is 18.7 Å². The summed E-state index contributed by atoms with van der Waals surface area (Å²) >= 11 is 5.87. The van der Waals surface area contributed by atoms with Crippen LogP contribution in [0.2, 0.25) is 5.15 Å². The molecular weight excluding hydrogens is 240 g/mol. The van der Waals surface area contributed by atoms with Crippen LogP contribution in [-0.2, 0) is 0 Å². The molecule has 0 bridgehead atoms. The zero-order chi connectivity index (χ0) is 12.3. The first-order valence-corrected chi connectivity index (χ1v) is 5.23. The summed E-state index contributed by atoms with van der Waals surface area (Å²) in [6.07, 6.45) is 5.85. The van der Waals surface area contributed by atoms with Crippen LogP contribution in [0, 0.1) is 6.92 Å². The van der Waals surface area contributed by atoms with Crippen molar-refractivity contribution < 1.29 is 4.79 Å². The zero-order valence-electron chi connectivity index (χ0n) is 9.01. The number of pyridine rings is 1. The minimum absolute atomic E-state index is 0.251. The highest BCUT2D eigenvalue weighted by atomic mass is 35.5. The van der Waals surface area contributed by atoms with Crippen molar-refractivity contribution >= 4 is 23.2 Å². The molecule has 2 aromatic rings. The van der Waals surface area contributed by atoms with Gasteiger partial charge in [-0.25, -0.2) is 15.0 Å². The normalized spacial score (nSPS) is 10.0. The van der Waals surface area contributed by atoms with Crippen molar-refractivity contribution in [2.75, 3.05) is 5.32 Å². The molecule has 0 saturated carbocycles. The van der Waals surface area contributed by atoms with Crippen LogP contribution in [-0.4, -0.2) is 20.9 Å². The Hall–Kier alpha value is -2.01.